The zero-order valence-electron chi connectivity index (χ0n) is 18.0. The SMILES string of the molecule is Cc1ccc(C(C)(C)c2ccc(OCc3cc(-c4nc(C)no4)ncc3F)cc2)cc1. The average molecular weight is 417 g/mol. The highest BCUT2D eigenvalue weighted by atomic mass is 19.1. The lowest BCUT2D eigenvalue weighted by Gasteiger charge is -2.26. The van der Waals surface area contributed by atoms with E-state index in [0.717, 1.165) is 6.20 Å². The van der Waals surface area contributed by atoms with Crippen LogP contribution in [0.5, 0.6) is 5.75 Å². The number of hydrogen-bond donors (Lipinski definition) is 0. The van der Waals surface area contributed by atoms with Crippen LogP contribution in [-0.4, -0.2) is 15.1 Å². The van der Waals surface area contributed by atoms with Crippen LogP contribution in [-0.2, 0) is 12.0 Å². The molecule has 0 unspecified atom stereocenters. The molecule has 5 nitrogen and oxygen atoms in total. The maximum atomic E-state index is 14.2. The van der Waals surface area contributed by atoms with Crippen LogP contribution in [0.25, 0.3) is 11.6 Å². The molecule has 6 heteroatoms. The van der Waals surface area contributed by atoms with Gasteiger partial charge < -0.3 is 9.26 Å². The number of aromatic nitrogens is 3. The second-order valence-corrected chi connectivity index (χ2v) is 8.11. The van der Waals surface area contributed by atoms with Gasteiger partial charge in [0, 0.05) is 11.0 Å². The van der Waals surface area contributed by atoms with Crippen molar-refractivity contribution < 1.29 is 13.7 Å². The predicted molar refractivity (Wildman–Crippen MR) is 116 cm³/mol. The van der Waals surface area contributed by atoms with Crippen LogP contribution in [0.4, 0.5) is 4.39 Å². The summed E-state index contributed by atoms with van der Waals surface area (Å²) in [6.07, 6.45) is 1.14. The molecule has 0 saturated carbocycles. The Hall–Kier alpha value is -3.54. The van der Waals surface area contributed by atoms with Crippen molar-refractivity contribution in [3.63, 3.8) is 0 Å². The lowest BCUT2D eigenvalue weighted by atomic mass is 9.78. The number of halogens is 1. The lowest BCUT2D eigenvalue weighted by Crippen LogP contribution is -2.18. The molecule has 0 aliphatic rings. The number of ether oxygens (including phenoxy) is 1. The molecule has 0 amide bonds. The summed E-state index contributed by atoms with van der Waals surface area (Å²) in [5, 5.41) is 3.74. The first-order valence-corrected chi connectivity index (χ1v) is 10.1. The van der Waals surface area contributed by atoms with Crippen molar-refractivity contribution in [3.05, 3.63) is 94.7 Å². The van der Waals surface area contributed by atoms with Crippen LogP contribution >= 0.6 is 0 Å². The summed E-state index contributed by atoms with van der Waals surface area (Å²) >= 11 is 0. The fourth-order valence-corrected chi connectivity index (χ4v) is 3.37. The molecule has 2 heterocycles. The van der Waals surface area contributed by atoms with E-state index < -0.39 is 5.82 Å². The van der Waals surface area contributed by atoms with Gasteiger partial charge in [-0.15, -0.1) is 0 Å². The molecule has 0 atom stereocenters. The van der Waals surface area contributed by atoms with Crippen LogP contribution < -0.4 is 4.74 Å². The summed E-state index contributed by atoms with van der Waals surface area (Å²) in [6, 6.07) is 18.1. The largest absolute Gasteiger partial charge is 0.489 e. The normalized spacial score (nSPS) is 11.5. The third-order valence-electron chi connectivity index (χ3n) is 5.42. The fraction of sp³-hybridized carbons (Fsp3) is 0.240. The summed E-state index contributed by atoms with van der Waals surface area (Å²) in [4.78, 5) is 8.15. The Morgan fingerprint density at radius 2 is 1.61 bits per heavy atom. The van der Waals surface area contributed by atoms with Gasteiger partial charge >= 0.3 is 0 Å². The topological polar surface area (TPSA) is 61.0 Å². The van der Waals surface area contributed by atoms with E-state index in [-0.39, 0.29) is 17.9 Å². The van der Waals surface area contributed by atoms with Crippen molar-refractivity contribution in [1.82, 2.24) is 15.1 Å². The molecular weight excluding hydrogens is 393 g/mol. The molecule has 0 bridgehead atoms. The van der Waals surface area contributed by atoms with E-state index in [2.05, 4.69) is 60.2 Å². The van der Waals surface area contributed by atoms with Crippen molar-refractivity contribution in [2.75, 3.05) is 0 Å². The maximum absolute atomic E-state index is 14.2. The molecular formula is C25H24FN3O2. The predicted octanol–water partition coefficient (Wildman–Crippen LogP) is 5.79. The monoisotopic (exact) mass is 417 g/mol. The molecule has 2 aromatic carbocycles. The standard InChI is InChI=1S/C25H24FN3O2/c1-16-5-7-19(8-6-16)25(3,4)20-9-11-21(12-10-20)30-15-18-13-23(27-14-22(18)26)24-28-17(2)29-31-24/h5-14H,15H2,1-4H3. The summed E-state index contributed by atoms with van der Waals surface area (Å²) in [5.74, 6) is 0.959. The molecule has 0 N–H and O–H groups in total. The van der Waals surface area contributed by atoms with Crippen molar-refractivity contribution in [1.29, 1.82) is 0 Å². The number of benzene rings is 2. The Morgan fingerprint density at radius 1 is 0.968 bits per heavy atom. The highest BCUT2D eigenvalue weighted by Crippen LogP contribution is 2.32. The minimum absolute atomic E-state index is 0.0647. The van der Waals surface area contributed by atoms with E-state index in [1.807, 2.05) is 24.3 Å². The number of nitrogens with zero attached hydrogens (tertiary/aromatic N) is 3. The van der Waals surface area contributed by atoms with Crippen molar-refractivity contribution in [2.24, 2.45) is 0 Å². The Bertz CT molecular complexity index is 1180. The van der Waals surface area contributed by atoms with Crippen molar-refractivity contribution in [2.45, 2.75) is 39.7 Å². The number of rotatable bonds is 6. The van der Waals surface area contributed by atoms with E-state index in [9.17, 15) is 4.39 Å². The van der Waals surface area contributed by atoms with E-state index >= 15 is 0 Å². The molecule has 0 aliphatic heterocycles. The first-order valence-electron chi connectivity index (χ1n) is 10.1. The molecule has 0 radical (unpaired) electrons. The Kier molecular flexibility index (Phi) is 5.55. The number of pyridine rings is 1. The Labute approximate surface area is 180 Å². The third-order valence-corrected chi connectivity index (χ3v) is 5.42. The Morgan fingerprint density at radius 3 is 2.23 bits per heavy atom. The van der Waals surface area contributed by atoms with Gasteiger partial charge in [0.2, 0.25) is 0 Å². The quantitative estimate of drug-likeness (QED) is 0.397. The van der Waals surface area contributed by atoms with Crippen LogP contribution in [0.3, 0.4) is 0 Å². The molecule has 4 rings (SSSR count). The average Bonchev–Trinajstić information content (AvgIpc) is 3.20. The van der Waals surface area contributed by atoms with Gasteiger partial charge in [-0.2, -0.15) is 4.98 Å². The van der Waals surface area contributed by atoms with Gasteiger partial charge in [0.15, 0.2) is 5.82 Å². The zero-order chi connectivity index (χ0) is 22.0. The van der Waals surface area contributed by atoms with Gasteiger partial charge in [0.1, 0.15) is 23.9 Å². The lowest BCUT2D eigenvalue weighted by molar-refractivity contribution is 0.299. The maximum Gasteiger partial charge on any atom is 0.276 e. The zero-order valence-corrected chi connectivity index (χ0v) is 18.0. The smallest absolute Gasteiger partial charge is 0.276 e. The van der Waals surface area contributed by atoms with E-state index in [1.54, 1.807) is 13.0 Å². The molecule has 0 spiro atoms. The van der Waals surface area contributed by atoms with Crippen molar-refractivity contribution >= 4 is 0 Å². The molecule has 0 saturated heterocycles. The molecule has 0 aliphatic carbocycles. The van der Waals surface area contributed by atoms with Crippen LogP contribution in [0.1, 0.15) is 41.9 Å². The van der Waals surface area contributed by atoms with Crippen LogP contribution in [0, 0.1) is 19.7 Å². The van der Waals surface area contributed by atoms with Crippen molar-refractivity contribution in [3.8, 4) is 17.3 Å². The summed E-state index contributed by atoms with van der Waals surface area (Å²) in [5.41, 5.74) is 4.30. The molecule has 0 fully saturated rings. The van der Waals surface area contributed by atoms with Gasteiger partial charge in [-0.1, -0.05) is 61.0 Å². The first-order chi connectivity index (χ1) is 14.8. The molecule has 158 valence electrons. The van der Waals surface area contributed by atoms with E-state index in [0.29, 0.717) is 22.8 Å². The van der Waals surface area contributed by atoms with E-state index in [1.165, 1.54) is 16.7 Å². The van der Waals surface area contributed by atoms with Crippen LogP contribution in [0.15, 0.2) is 65.3 Å². The van der Waals surface area contributed by atoms with Gasteiger partial charge in [-0.3, -0.25) is 0 Å². The van der Waals surface area contributed by atoms with Crippen LogP contribution in [0.2, 0.25) is 0 Å². The fourth-order valence-electron chi connectivity index (χ4n) is 3.37. The van der Waals surface area contributed by atoms with E-state index in [4.69, 9.17) is 9.26 Å². The molecule has 4 aromatic rings. The molecule has 2 aromatic heterocycles. The summed E-state index contributed by atoms with van der Waals surface area (Å²) in [6.45, 7) is 8.25. The first kappa shape index (κ1) is 20.7. The number of hydrogen-bond acceptors (Lipinski definition) is 5. The second kappa shape index (κ2) is 8.30. The second-order valence-electron chi connectivity index (χ2n) is 8.11. The molecule has 31 heavy (non-hydrogen) atoms. The number of aryl methyl sites for hydroxylation is 2. The van der Waals surface area contributed by atoms with Gasteiger partial charge in [-0.25, -0.2) is 9.37 Å². The van der Waals surface area contributed by atoms with Gasteiger partial charge in [-0.05, 0) is 43.2 Å². The minimum Gasteiger partial charge on any atom is -0.489 e. The third kappa shape index (κ3) is 4.48. The minimum atomic E-state index is -0.447. The summed E-state index contributed by atoms with van der Waals surface area (Å²) < 4.78 is 25.2. The van der Waals surface area contributed by atoms with Gasteiger partial charge in [0.05, 0.1) is 6.20 Å². The highest BCUT2D eigenvalue weighted by molar-refractivity contribution is 5.48. The summed E-state index contributed by atoms with van der Waals surface area (Å²) in [7, 11) is 0. The highest BCUT2D eigenvalue weighted by Gasteiger charge is 2.23. The van der Waals surface area contributed by atoms with Gasteiger partial charge in [0.25, 0.3) is 5.89 Å². The Balaban J connectivity index is 1.48.